The minimum Gasteiger partial charge on any atom is -0.487 e. The molecule has 1 aliphatic rings. The van der Waals surface area contributed by atoms with Gasteiger partial charge < -0.3 is 19.1 Å². The number of hydrogen-bond donors (Lipinski definition) is 1. The van der Waals surface area contributed by atoms with E-state index in [0.717, 1.165) is 30.2 Å². The summed E-state index contributed by atoms with van der Waals surface area (Å²) in [6, 6.07) is 12.0. The van der Waals surface area contributed by atoms with Gasteiger partial charge >= 0.3 is 12.3 Å². The quantitative estimate of drug-likeness (QED) is 0.241. The number of aromatic nitrogens is 3. The molecular weight excluding hydrogens is 530 g/mol. The maximum Gasteiger partial charge on any atom is 0.573 e. The van der Waals surface area contributed by atoms with Crippen molar-refractivity contribution in [2.45, 2.75) is 58.0 Å². The molecule has 1 saturated carbocycles. The first-order valence-corrected chi connectivity index (χ1v) is 12.9. The lowest BCUT2D eigenvalue weighted by Gasteiger charge is -2.28. The van der Waals surface area contributed by atoms with Crippen molar-refractivity contribution in [3.8, 4) is 11.5 Å². The molecule has 11 heteroatoms. The van der Waals surface area contributed by atoms with Gasteiger partial charge in [0.2, 0.25) is 0 Å². The number of benzene rings is 2. The number of carboxylic acids is 1. The number of pyridine rings is 1. The van der Waals surface area contributed by atoms with Gasteiger partial charge in [0.1, 0.15) is 29.7 Å². The summed E-state index contributed by atoms with van der Waals surface area (Å²) in [7, 11) is 0. The number of imidazole rings is 1. The Balaban J connectivity index is 1.52. The second-order valence-corrected chi connectivity index (χ2v) is 9.96. The maximum atomic E-state index is 15.0. The Morgan fingerprint density at radius 3 is 2.55 bits per heavy atom. The fraction of sp³-hybridized carbons (Fsp3) is 0.345. The minimum atomic E-state index is -4.95. The number of halogens is 4. The molecule has 0 amide bonds. The van der Waals surface area contributed by atoms with Gasteiger partial charge in [-0.05, 0) is 49.6 Å². The van der Waals surface area contributed by atoms with Gasteiger partial charge in [-0.2, -0.15) is 0 Å². The van der Waals surface area contributed by atoms with Crippen molar-refractivity contribution in [3.63, 3.8) is 0 Å². The number of aryl methyl sites for hydroxylation is 1. The molecule has 40 heavy (non-hydrogen) atoms. The van der Waals surface area contributed by atoms with Crippen molar-refractivity contribution in [1.29, 1.82) is 0 Å². The molecule has 2 aromatic carbocycles. The van der Waals surface area contributed by atoms with Crippen LogP contribution in [0.25, 0.3) is 11.0 Å². The predicted molar refractivity (Wildman–Crippen MR) is 138 cm³/mol. The Morgan fingerprint density at radius 2 is 1.85 bits per heavy atom. The van der Waals surface area contributed by atoms with Crippen molar-refractivity contribution in [1.82, 2.24) is 14.5 Å². The molecule has 0 bridgehead atoms. The molecule has 0 saturated heterocycles. The van der Waals surface area contributed by atoms with Crippen LogP contribution in [0.3, 0.4) is 0 Å². The molecule has 210 valence electrons. The third-order valence-corrected chi connectivity index (χ3v) is 7.11. The lowest BCUT2D eigenvalue weighted by Crippen LogP contribution is -2.28. The van der Waals surface area contributed by atoms with E-state index in [4.69, 9.17) is 9.72 Å². The average molecular weight is 558 g/mol. The third-order valence-electron chi connectivity index (χ3n) is 7.11. The van der Waals surface area contributed by atoms with Crippen molar-refractivity contribution in [3.05, 3.63) is 83.2 Å². The van der Waals surface area contributed by atoms with Crippen LogP contribution >= 0.6 is 0 Å². The summed E-state index contributed by atoms with van der Waals surface area (Å²) in [5.74, 6) is -2.52. The molecule has 7 nitrogen and oxygen atoms in total. The molecule has 2 aromatic heterocycles. The van der Waals surface area contributed by atoms with E-state index in [1.165, 1.54) is 6.07 Å². The number of carboxylic acid groups (broad SMARTS) is 1. The number of rotatable bonds is 8. The fourth-order valence-electron chi connectivity index (χ4n) is 5.16. The summed E-state index contributed by atoms with van der Waals surface area (Å²) in [6.07, 6.45) is -0.491. The zero-order valence-electron chi connectivity index (χ0n) is 21.6. The van der Waals surface area contributed by atoms with Crippen LogP contribution in [-0.2, 0) is 17.9 Å². The van der Waals surface area contributed by atoms with Crippen LogP contribution in [0.4, 0.5) is 17.6 Å². The first-order valence-electron chi connectivity index (χ1n) is 12.9. The summed E-state index contributed by atoms with van der Waals surface area (Å²) in [6.45, 7) is 2.08. The topological polar surface area (TPSA) is 86.5 Å². The highest BCUT2D eigenvalue weighted by molar-refractivity contribution is 5.79. The van der Waals surface area contributed by atoms with Crippen LogP contribution in [0.15, 0.2) is 54.7 Å². The Kier molecular flexibility index (Phi) is 7.64. The number of aliphatic carboxylic acids is 1. The number of nitrogens with zero attached hydrogens (tertiary/aromatic N) is 3. The lowest BCUT2D eigenvalue weighted by atomic mass is 9.78. The molecule has 1 N–H and O–H groups in total. The zero-order chi connectivity index (χ0) is 28.4. The summed E-state index contributed by atoms with van der Waals surface area (Å²) in [5.41, 5.74) is 3.02. The first kappa shape index (κ1) is 27.4. The van der Waals surface area contributed by atoms with E-state index in [-0.39, 0.29) is 18.7 Å². The predicted octanol–water partition coefficient (Wildman–Crippen LogP) is 6.76. The number of alkyl halides is 3. The van der Waals surface area contributed by atoms with Gasteiger partial charge in [0.05, 0.1) is 29.2 Å². The van der Waals surface area contributed by atoms with Gasteiger partial charge in [-0.1, -0.05) is 25.0 Å². The molecular formula is C29H27F4N3O4. The molecule has 5 rings (SSSR count). The molecule has 0 radical (unpaired) electrons. The molecule has 2 heterocycles. The number of hydrogen-bond acceptors (Lipinski definition) is 5. The van der Waals surface area contributed by atoms with E-state index in [1.54, 1.807) is 29.0 Å². The normalized spacial score (nSPS) is 17.6. The standard InChI is InChI=1S/C29H27F4N3O4/c1-17-6-8-19(34-14-17)16-39-20-10-11-25-26(13-20)36(27(35-25)22-4-2-3-5-23(22)28(37)38)15-18-7-9-21(12-24(18)30)40-29(31,32)33/h6-14,22-23H,2-5,15-16H2,1H3,(H,37,38)/t22-,23-/m1/s1. The van der Waals surface area contributed by atoms with Crippen LogP contribution in [0.1, 0.15) is 54.2 Å². The van der Waals surface area contributed by atoms with E-state index in [9.17, 15) is 23.1 Å². The Morgan fingerprint density at radius 1 is 1.07 bits per heavy atom. The number of ether oxygens (including phenoxy) is 2. The highest BCUT2D eigenvalue weighted by Gasteiger charge is 2.36. The summed E-state index contributed by atoms with van der Waals surface area (Å²) in [4.78, 5) is 21.2. The van der Waals surface area contributed by atoms with Crippen LogP contribution in [-0.4, -0.2) is 32.0 Å². The van der Waals surface area contributed by atoms with E-state index in [0.29, 0.717) is 41.5 Å². The van der Waals surface area contributed by atoms with Gasteiger partial charge in [0.25, 0.3) is 0 Å². The highest BCUT2D eigenvalue weighted by atomic mass is 19.4. The molecule has 2 atom stereocenters. The second kappa shape index (κ2) is 11.1. The van der Waals surface area contributed by atoms with Gasteiger partial charge in [-0.15, -0.1) is 13.2 Å². The average Bonchev–Trinajstić information content (AvgIpc) is 3.26. The van der Waals surface area contributed by atoms with Crippen LogP contribution in [0, 0.1) is 18.7 Å². The molecule has 1 fully saturated rings. The van der Waals surface area contributed by atoms with Crippen molar-refractivity contribution in [2.24, 2.45) is 5.92 Å². The van der Waals surface area contributed by atoms with E-state index in [2.05, 4.69) is 9.72 Å². The van der Waals surface area contributed by atoms with Crippen molar-refractivity contribution in [2.75, 3.05) is 0 Å². The zero-order valence-corrected chi connectivity index (χ0v) is 21.6. The Bertz CT molecular complexity index is 1520. The van der Waals surface area contributed by atoms with Gasteiger partial charge in [-0.3, -0.25) is 9.78 Å². The van der Waals surface area contributed by atoms with Gasteiger partial charge in [0.15, 0.2) is 0 Å². The van der Waals surface area contributed by atoms with Gasteiger partial charge in [-0.25, -0.2) is 9.37 Å². The number of carbonyl (C=O) groups is 1. The third kappa shape index (κ3) is 6.19. The van der Waals surface area contributed by atoms with E-state index >= 15 is 4.39 Å². The fourth-order valence-corrected chi connectivity index (χ4v) is 5.16. The smallest absolute Gasteiger partial charge is 0.487 e. The highest BCUT2D eigenvalue weighted by Crippen LogP contribution is 2.40. The molecule has 0 unspecified atom stereocenters. The SMILES string of the molecule is Cc1ccc(COc2ccc3nc([C@@H]4CCCC[C@H]4C(=O)O)n(Cc4ccc(OC(F)(F)F)cc4F)c3c2)nc1. The number of fused-ring (bicyclic) bond motifs is 1. The molecule has 0 aliphatic heterocycles. The van der Waals surface area contributed by atoms with E-state index < -0.39 is 35.7 Å². The first-order chi connectivity index (χ1) is 19.1. The Labute approximate surface area is 227 Å². The Hall–Kier alpha value is -4.15. The van der Waals surface area contributed by atoms with E-state index in [1.807, 2.05) is 19.1 Å². The molecule has 4 aromatic rings. The molecule has 0 spiro atoms. The molecule has 1 aliphatic carbocycles. The lowest BCUT2D eigenvalue weighted by molar-refractivity contribution is -0.274. The van der Waals surface area contributed by atoms with Crippen LogP contribution < -0.4 is 9.47 Å². The second-order valence-electron chi connectivity index (χ2n) is 9.96. The minimum absolute atomic E-state index is 0.0736. The van der Waals surface area contributed by atoms with Crippen molar-refractivity contribution < 1.29 is 36.9 Å². The van der Waals surface area contributed by atoms with Crippen molar-refractivity contribution >= 4 is 17.0 Å². The monoisotopic (exact) mass is 557 g/mol. The van der Waals surface area contributed by atoms with Gasteiger partial charge in [0, 0.05) is 29.8 Å². The largest absolute Gasteiger partial charge is 0.573 e. The maximum absolute atomic E-state index is 15.0. The summed E-state index contributed by atoms with van der Waals surface area (Å²) < 4.78 is 64.4. The summed E-state index contributed by atoms with van der Waals surface area (Å²) in [5, 5.41) is 9.90. The summed E-state index contributed by atoms with van der Waals surface area (Å²) >= 11 is 0. The van der Waals surface area contributed by atoms with Crippen LogP contribution in [0.5, 0.6) is 11.5 Å². The van der Waals surface area contributed by atoms with Crippen LogP contribution in [0.2, 0.25) is 0 Å².